The van der Waals surface area contributed by atoms with E-state index in [4.69, 9.17) is 5.11 Å². The van der Waals surface area contributed by atoms with Crippen molar-refractivity contribution in [2.75, 3.05) is 14.1 Å². The molecule has 0 fully saturated rings. The van der Waals surface area contributed by atoms with Crippen LogP contribution in [0.2, 0.25) is 0 Å². The van der Waals surface area contributed by atoms with Crippen LogP contribution >= 0.6 is 0 Å². The van der Waals surface area contributed by atoms with E-state index in [1.165, 1.54) is 26.2 Å². The Bertz CT molecular complexity index is 493. The van der Waals surface area contributed by atoms with Crippen molar-refractivity contribution in [2.24, 2.45) is 0 Å². The molecule has 5 nitrogen and oxygen atoms in total. The summed E-state index contributed by atoms with van der Waals surface area (Å²) in [7, 11) is -0.764. The molecule has 0 radical (unpaired) electrons. The third kappa shape index (κ3) is 2.59. The van der Waals surface area contributed by atoms with Crippen molar-refractivity contribution in [1.29, 1.82) is 0 Å². The Morgan fingerprint density at radius 1 is 1.31 bits per heavy atom. The molecular weight excluding hydrogens is 230 g/mol. The summed E-state index contributed by atoms with van der Waals surface area (Å²) in [6, 6.07) is 6.10. The molecule has 0 aliphatic heterocycles. The average molecular weight is 243 g/mol. The van der Waals surface area contributed by atoms with Gasteiger partial charge in [-0.3, -0.25) is 4.79 Å². The highest BCUT2D eigenvalue weighted by atomic mass is 32.2. The molecule has 0 bridgehead atoms. The lowest BCUT2D eigenvalue weighted by Gasteiger charge is -2.14. The lowest BCUT2D eigenvalue weighted by Crippen LogP contribution is -2.23. The first-order valence-electron chi connectivity index (χ1n) is 4.58. The second-order valence-electron chi connectivity index (χ2n) is 3.47. The molecule has 1 aromatic rings. The Morgan fingerprint density at radius 2 is 1.88 bits per heavy atom. The summed E-state index contributed by atoms with van der Waals surface area (Å²) < 4.78 is 24.8. The standard InChI is InChI=1S/C10H13NO4S/c1-11(2)16(14,15)9-6-4-3-5-8(9)7-10(12)13/h3-6H,7H2,1-2H3,(H,12,13). The fraction of sp³-hybridized carbons (Fsp3) is 0.300. The zero-order chi connectivity index (χ0) is 12.3. The molecule has 0 atom stereocenters. The Morgan fingerprint density at radius 3 is 2.38 bits per heavy atom. The van der Waals surface area contributed by atoms with E-state index >= 15 is 0 Å². The molecule has 0 spiro atoms. The van der Waals surface area contributed by atoms with Gasteiger partial charge in [0.1, 0.15) is 0 Å². The number of rotatable bonds is 4. The van der Waals surface area contributed by atoms with Crippen LogP contribution in [0.25, 0.3) is 0 Å². The number of carboxylic acid groups (broad SMARTS) is 1. The van der Waals surface area contributed by atoms with E-state index in [1.54, 1.807) is 12.1 Å². The molecule has 0 heterocycles. The molecule has 0 aliphatic carbocycles. The summed E-state index contributed by atoms with van der Waals surface area (Å²) in [4.78, 5) is 10.7. The predicted octanol–water partition coefficient (Wildman–Crippen LogP) is 0.564. The zero-order valence-corrected chi connectivity index (χ0v) is 9.86. The summed E-state index contributed by atoms with van der Waals surface area (Å²) in [6.45, 7) is 0. The van der Waals surface area contributed by atoms with Crippen LogP contribution in [0.15, 0.2) is 29.2 Å². The fourth-order valence-corrected chi connectivity index (χ4v) is 2.38. The number of carbonyl (C=O) groups is 1. The van der Waals surface area contributed by atoms with Gasteiger partial charge in [0.2, 0.25) is 10.0 Å². The number of sulfonamides is 1. The van der Waals surface area contributed by atoms with Gasteiger partial charge < -0.3 is 5.11 Å². The van der Waals surface area contributed by atoms with Gasteiger partial charge in [-0.15, -0.1) is 0 Å². The van der Waals surface area contributed by atoms with Crippen molar-refractivity contribution in [1.82, 2.24) is 4.31 Å². The zero-order valence-electron chi connectivity index (χ0n) is 9.04. The van der Waals surface area contributed by atoms with Gasteiger partial charge in [-0.05, 0) is 11.6 Å². The lowest BCUT2D eigenvalue weighted by atomic mass is 10.1. The van der Waals surface area contributed by atoms with Crippen LogP contribution in [0.3, 0.4) is 0 Å². The molecule has 0 aromatic heterocycles. The monoisotopic (exact) mass is 243 g/mol. The SMILES string of the molecule is CN(C)S(=O)(=O)c1ccccc1CC(=O)O. The van der Waals surface area contributed by atoms with Crippen LogP contribution in [0, 0.1) is 0 Å². The quantitative estimate of drug-likeness (QED) is 0.838. The van der Waals surface area contributed by atoms with E-state index in [2.05, 4.69) is 0 Å². The first-order chi connectivity index (χ1) is 7.35. The van der Waals surface area contributed by atoms with Crippen LogP contribution < -0.4 is 0 Å². The van der Waals surface area contributed by atoms with E-state index in [1.807, 2.05) is 0 Å². The number of hydrogen-bond acceptors (Lipinski definition) is 3. The van der Waals surface area contributed by atoms with Crippen molar-refractivity contribution in [3.05, 3.63) is 29.8 Å². The van der Waals surface area contributed by atoms with Gasteiger partial charge in [-0.1, -0.05) is 18.2 Å². The molecule has 16 heavy (non-hydrogen) atoms. The molecule has 1 rings (SSSR count). The topological polar surface area (TPSA) is 74.7 Å². The summed E-state index contributed by atoms with van der Waals surface area (Å²) in [6.07, 6.45) is -0.302. The number of aliphatic carboxylic acids is 1. The van der Waals surface area contributed by atoms with Crippen molar-refractivity contribution in [3.8, 4) is 0 Å². The summed E-state index contributed by atoms with van der Waals surface area (Å²) in [5.41, 5.74) is 0.295. The third-order valence-electron chi connectivity index (χ3n) is 2.07. The Balaban J connectivity index is 3.29. The average Bonchev–Trinajstić information content (AvgIpc) is 2.17. The highest BCUT2D eigenvalue weighted by Gasteiger charge is 2.21. The minimum Gasteiger partial charge on any atom is -0.481 e. The Labute approximate surface area is 94.4 Å². The summed E-state index contributed by atoms with van der Waals surface area (Å²) in [5, 5.41) is 8.69. The second-order valence-corrected chi connectivity index (χ2v) is 5.59. The van der Waals surface area contributed by atoms with E-state index in [-0.39, 0.29) is 11.3 Å². The lowest BCUT2D eigenvalue weighted by molar-refractivity contribution is -0.136. The van der Waals surface area contributed by atoms with Crippen molar-refractivity contribution in [3.63, 3.8) is 0 Å². The Hall–Kier alpha value is -1.40. The van der Waals surface area contributed by atoms with Gasteiger partial charge in [0.05, 0.1) is 11.3 Å². The van der Waals surface area contributed by atoms with Gasteiger partial charge >= 0.3 is 5.97 Å². The van der Waals surface area contributed by atoms with Crippen LogP contribution in [0.4, 0.5) is 0 Å². The van der Waals surface area contributed by atoms with Gasteiger partial charge in [0, 0.05) is 14.1 Å². The third-order valence-corrected chi connectivity index (χ3v) is 3.99. The van der Waals surface area contributed by atoms with Crippen molar-refractivity contribution >= 4 is 16.0 Å². The van der Waals surface area contributed by atoms with Crippen LogP contribution in [-0.2, 0) is 21.2 Å². The molecule has 0 aliphatic rings. The van der Waals surface area contributed by atoms with Gasteiger partial charge in [-0.2, -0.15) is 0 Å². The van der Waals surface area contributed by atoms with Crippen LogP contribution in [0.5, 0.6) is 0 Å². The molecule has 1 aromatic carbocycles. The van der Waals surface area contributed by atoms with Crippen LogP contribution in [0.1, 0.15) is 5.56 Å². The van der Waals surface area contributed by atoms with E-state index in [9.17, 15) is 13.2 Å². The molecular formula is C10H13NO4S. The molecule has 6 heteroatoms. The van der Waals surface area contributed by atoms with E-state index < -0.39 is 16.0 Å². The smallest absolute Gasteiger partial charge is 0.307 e. The van der Waals surface area contributed by atoms with E-state index in [0.29, 0.717) is 5.56 Å². The van der Waals surface area contributed by atoms with Crippen molar-refractivity contribution < 1.29 is 18.3 Å². The number of benzene rings is 1. The maximum Gasteiger partial charge on any atom is 0.307 e. The second kappa shape index (κ2) is 4.63. The Kier molecular flexibility index (Phi) is 3.66. The number of carboxylic acids is 1. The number of nitrogens with zero attached hydrogens (tertiary/aromatic N) is 1. The summed E-state index contributed by atoms with van der Waals surface area (Å²) >= 11 is 0. The molecule has 88 valence electrons. The molecule has 0 saturated heterocycles. The largest absolute Gasteiger partial charge is 0.481 e. The van der Waals surface area contributed by atoms with Crippen LogP contribution in [-0.4, -0.2) is 37.9 Å². The maximum atomic E-state index is 11.9. The minimum absolute atomic E-state index is 0.0439. The molecule has 0 saturated carbocycles. The van der Waals surface area contributed by atoms with Gasteiger partial charge in [0.25, 0.3) is 0 Å². The summed E-state index contributed by atoms with van der Waals surface area (Å²) in [5.74, 6) is -1.05. The number of hydrogen-bond donors (Lipinski definition) is 1. The first-order valence-corrected chi connectivity index (χ1v) is 6.02. The normalized spacial score (nSPS) is 11.7. The highest BCUT2D eigenvalue weighted by Crippen LogP contribution is 2.18. The fourth-order valence-electron chi connectivity index (χ4n) is 1.26. The van der Waals surface area contributed by atoms with Gasteiger partial charge in [0.15, 0.2) is 0 Å². The minimum atomic E-state index is -3.58. The highest BCUT2D eigenvalue weighted by molar-refractivity contribution is 7.89. The first kappa shape index (κ1) is 12.7. The molecule has 0 amide bonds. The van der Waals surface area contributed by atoms with Crippen molar-refractivity contribution in [2.45, 2.75) is 11.3 Å². The van der Waals surface area contributed by atoms with E-state index in [0.717, 1.165) is 4.31 Å². The maximum absolute atomic E-state index is 11.9. The van der Waals surface area contributed by atoms with Gasteiger partial charge in [-0.25, -0.2) is 12.7 Å². The molecule has 0 unspecified atom stereocenters. The molecule has 1 N–H and O–H groups in total. The predicted molar refractivity (Wildman–Crippen MR) is 58.7 cm³/mol.